The van der Waals surface area contributed by atoms with E-state index in [1.54, 1.807) is 24.3 Å². The minimum Gasteiger partial charge on any atom is -0.497 e. The number of ether oxygens (including phenoxy) is 2. The highest BCUT2D eigenvalue weighted by Crippen LogP contribution is 2.28. The number of benzene rings is 2. The van der Waals surface area contributed by atoms with Gasteiger partial charge in [0, 0.05) is 24.5 Å². The van der Waals surface area contributed by atoms with E-state index in [9.17, 15) is 12.8 Å². The Bertz CT molecular complexity index is 1050. The van der Waals surface area contributed by atoms with Crippen LogP contribution in [0.25, 0.3) is 0 Å². The van der Waals surface area contributed by atoms with Crippen LogP contribution in [0, 0.1) is 5.82 Å². The van der Waals surface area contributed by atoms with Crippen molar-refractivity contribution in [3.05, 3.63) is 77.9 Å². The summed E-state index contributed by atoms with van der Waals surface area (Å²) in [5.41, 5.74) is 1.69. The van der Waals surface area contributed by atoms with E-state index >= 15 is 0 Å². The molecule has 0 unspecified atom stereocenters. The standard InChI is InChI=1S/C20H21FN2O4S/c1-26-18-9-10-19(27-2)20(12-18)28(24,25)22-13-17-4-3-11-23(17)14-15-5-7-16(21)8-6-15/h3-12,22H,13-14H2,1-2H3. The predicted molar refractivity (Wildman–Crippen MR) is 104 cm³/mol. The number of nitrogens with one attached hydrogen (secondary N) is 1. The van der Waals surface area contributed by atoms with Crippen LogP contribution in [0.3, 0.4) is 0 Å². The van der Waals surface area contributed by atoms with Crippen LogP contribution < -0.4 is 14.2 Å². The monoisotopic (exact) mass is 404 g/mol. The molecule has 1 aromatic heterocycles. The van der Waals surface area contributed by atoms with Gasteiger partial charge in [-0.25, -0.2) is 17.5 Å². The molecule has 0 fully saturated rings. The Balaban J connectivity index is 1.77. The van der Waals surface area contributed by atoms with Gasteiger partial charge < -0.3 is 14.0 Å². The fourth-order valence-electron chi connectivity index (χ4n) is 2.79. The van der Waals surface area contributed by atoms with E-state index in [0.717, 1.165) is 11.3 Å². The molecule has 2 aromatic carbocycles. The first-order valence-corrected chi connectivity index (χ1v) is 10.0. The molecule has 0 atom stereocenters. The fourth-order valence-corrected chi connectivity index (χ4v) is 3.97. The van der Waals surface area contributed by atoms with Crippen molar-refractivity contribution in [2.75, 3.05) is 14.2 Å². The van der Waals surface area contributed by atoms with Crippen LogP contribution in [-0.4, -0.2) is 27.2 Å². The van der Waals surface area contributed by atoms with Gasteiger partial charge in [0.1, 0.15) is 22.2 Å². The quantitative estimate of drug-likeness (QED) is 0.626. The molecule has 0 bridgehead atoms. The number of hydrogen-bond donors (Lipinski definition) is 1. The molecule has 0 amide bonds. The number of rotatable bonds is 8. The summed E-state index contributed by atoms with van der Waals surface area (Å²) in [7, 11) is -0.947. The lowest BCUT2D eigenvalue weighted by Crippen LogP contribution is -2.25. The summed E-state index contributed by atoms with van der Waals surface area (Å²) in [4.78, 5) is 0.00555. The Labute approximate surface area is 163 Å². The van der Waals surface area contributed by atoms with Gasteiger partial charge in [0.25, 0.3) is 0 Å². The normalized spacial score (nSPS) is 11.4. The first-order valence-electron chi connectivity index (χ1n) is 8.53. The number of nitrogens with zero attached hydrogens (tertiary/aromatic N) is 1. The van der Waals surface area contributed by atoms with Crippen LogP contribution in [0.15, 0.2) is 65.7 Å². The van der Waals surface area contributed by atoms with Gasteiger partial charge in [-0.05, 0) is 42.0 Å². The molecular weight excluding hydrogens is 383 g/mol. The number of sulfonamides is 1. The second-order valence-electron chi connectivity index (χ2n) is 6.10. The van der Waals surface area contributed by atoms with Gasteiger partial charge in [0.2, 0.25) is 10.0 Å². The lowest BCUT2D eigenvalue weighted by Gasteiger charge is -2.13. The van der Waals surface area contributed by atoms with Crippen molar-refractivity contribution >= 4 is 10.0 Å². The second-order valence-corrected chi connectivity index (χ2v) is 7.83. The summed E-state index contributed by atoms with van der Waals surface area (Å²) in [6, 6.07) is 14.4. The van der Waals surface area contributed by atoms with Crippen LogP contribution >= 0.6 is 0 Å². The number of halogens is 1. The van der Waals surface area contributed by atoms with E-state index < -0.39 is 10.0 Å². The molecule has 0 aliphatic carbocycles. The van der Waals surface area contributed by atoms with E-state index in [1.807, 2.05) is 22.9 Å². The zero-order valence-electron chi connectivity index (χ0n) is 15.6. The Morgan fingerprint density at radius 2 is 1.79 bits per heavy atom. The number of aromatic nitrogens is 1. The Morgan fingerprint density at radius 1 is 1.04 bits per heavy atom. The second kappa shape index (κ2) is 8.45. The maximum absolute atomic E-state index is 13.1. The number of hydrogen-bond acceptors (Lipinski definition) is 4. The summed E-state index contributed by atoms with van der Waals surface area (Å²) in [5, 5.41) is 0. The summed E-state index contributed by atoms with van der Waals surface area (Å²) < 4.78 is 53.4. The van der Waals surface area contributed by atoms with Gasteiger partial charge in [0.05, 0.1) is 20.8 Å². The van der Waals surface area contributed by atoms with Gasteiger partial charge >= 0.3 is 0 Å². The SMILES string of the molecule is COc1ccc(OC)c(S(=O)(=O)NCc2cccn2Cc2ccc(F)cc2)c1. The van der Waals surface area contributed by atoms with E-state index in [1.165, 1.54) is 32.4 Å². The zero-order chi connectivity index (χ0) is 20.1. The maximum Gasteiger partial charge on any atom is 0.244 e. The first kappa shape index (κ1) is 19.9. The Kier molecular flexibility index (Phi) is 6.01. The molecule has 0 aliphatic rings. The van der Waals surface area contributed by atoms with E-state index in [0.29, 0.717) is 12.3 Å². The van der Waals surface area contributed by atoms with E-state index in [4.69, 9.17) is 9.47 Å². The van der Waals surface area contributed by atoms with Crippen LogP contribution in [0.5, 0.6) is 11.5 Å². The molecule has 8 heteroatoms. The molecule has 28 heavy (non-hydrogen) atoms. The molecular formula is C20H21FN2O4S. The maximum atomic E-state index is 13.1. The van der Waals surface area contributed by atoms with Gasteiger partial charge in [0.15, 0.2) is 0 Å². The lowest BCUT2D eigenvalue weighted by molar-refractivity contribution is 0.392. The highest BCUT2D eigenvalue weighted by atomic mass is 32.2. The highest BCUT2D eigenvalue weighted by molar-refractivity contribution is 7.89. The largest absolute Gasteiger partial charge is 0.497 e. The third-order valence-electron chi connectivity index (χ3n) is 4.29. The minimum absolute atomic E-state index is 0.00555. The van der Waals surface area contributed by atoms with Crippen LogP contribution in [-0.2, 0) is 23.1 Å². The van der Waals surface area contributed by atoms with E-state index in [-0.39, 0.29) is 23.0 Å². The summed E-state index contributed by atoms with van der Waals surface area (Å²) >= 11 is 0. The van der Waals surface area contributed by atoms with Crippen molar-refractivity contribution in [2.24, 2.45) is 0 Å². The van der Waals surface area contributed by atoms with Gasteiger partial charge in [-0.1, -0.05) is 12.1 Å². The average Bonchev–Trinajstić information content (AvgIpc) is 3.14. The first-order chi connectivity index (χ1) is 13.4. The molecule has 1 N–H and O–H groups in total. The topological polar surface area (TPSA) is 69.6 Å². The smallest absolute Gasteiger partial charge is 0.244 e. The van der Waals surface area contributed by atoms with E-state index in [2.05, 4.69) is 4.72 Å². The minimum atomic E-state index is -3.82. The molecule has 0 saturated carbocycles. The van der Waals surface area contributed by atoms with Crippen molar-refractivity contribution in [2.45, 2.75) is 18.0 Å². The van der Waals surface area contributed by atoms with Gasteiger partial charge in [-0.15, -0.1) is 0 Å². The highest BCUT2D eigenvalue weighted by Gasteiger charge is 2.21. The molecule has 0 radical (unpaired) electrons. The van der Waals surface area contributed by atoms with Crippen LogP contribution in [0.2, 0.25) is 0 Å². The Morgan fingerprint density at radius 3 is 2.46 bits per heavy atom. The summed E-state index contributed by atoms with van der Waals surface area (Å²) in [6.07, 6.45) is 1.85. The molecule has 0 aliphatic heterocycles. The van der Waals surface area contributed by atoms with Gasteiger partial charge in [-0.2, -0.15) is 0 Å². The van der Waals surface area contributed by atoms with Gasteiger partial charge in [-0.3, -0.25) is 0 Å². The van der Waals surface area contributed by atoms with Crippen molar-refractivity contribution in [3.63, 3.8) is 0 Å². The van der Waals surface area contributed by atoms with Crippen molar-refractivity contribution in [3.8, 4) is 11.5 Å². The zero-order valence-corrected chi connectivity index (χ0v) is 16.4. The molecule has 3 rings (SSSR count). The third kappa shape index (κ3) is 4.52. The molecule has 1 heterocycles. The predicted octanol–water partition coefficient (Wildman–Crippen LogP) is 3.17. The average molecular weight is 404 g/mol. The molecule has 3 aromatic rings. The van der Waals surface area contributed by atoms with Crippen LogP contribution in [0.1, 0.15) is 11.3 Å². The van der Waals surface area contributed by atoms with Crippen molar-refractivity contribution in [1.29, 1.82) is 0 Å². The number of methoxy groups -OCH3 is 2. The summed E-state index contributed by atoms with van der Waals surface area (Å²) in [5.74, 6) is 0.354. The molecule has 148 valence electrons. The van der Waals surface area contributed by atoms with Crippen molar-refractivity contribution in [1.82, 2.24) is 9.29 Å². The molecule has 0 saturated heterocycles. The third-order valence-corrected chi connectivity index (χ3v) is 5.72. The molecule has 0 spiro atoms. The molecule has 6 nitrogen and oxygen atoms in total. The summed E-state index contributed by atoms with van der Waals surface area (Å²) in [6.45, 7) is 0.601. The Hall–Kier alpha value is -2.84. The fraction of sp³-hybridized carbons (Fsp3) is 0.200. The van der Waals surface area contributed by atoms with Crippen molar-refractivity contribution < 1.29 is 22.3 Å². The lowest BCUT2D eigenvalue weighted by atomic mass is 10.2. The van der Waals surface area contributed by atoms with Crippen LogP contribution in [0.4, 0.5) is 4.39 Å².